The van der Waals surface area contributed by atoms with Crippen LogP contribution in [-0.4, -0.2) is 41.8 Å². The number of amides is 2. The van der Waals surface area contributed by atoms with Crippen LogP contribution in [0.4, 0.5) is 26.7 Å². The van der Waals surface area contributed by atoms with E-state index in [0.29, 0.717) is 11.6 Å². The Kier molecular flexibility index (Phi) is 9.39. The van der Waals surface area contributed by atoms with Crippen LogP contribution >= 0.6 is 11.6 Å². The van der Waals surface area contributed by atoms with Crippen LogP contribution in [0.5, 0.6) is 5.75 Å². The molecule has 0 bridgehead atoms. The molecule has 2 amide bonds. The zero-order chi connectivity index (χ0) is 28.8. The van der Waals surface area contributed by atoms with Gasteiger partial charge in [-0.1, -0.05) is 55.8 Å². The van der Waals surface area contributed by atoms with Gasteiger partial charge in [0.15, 0.2) is 0 Å². The molecule has 0 aliphatic carbocycles. The summed E-state index contributed by atoms with van der Waals surface area (Å²) in [7, 11) is 0. The molecular weight excluding hydrogens is 545 g/mol. The van der Waals surface area contributed by atoms with Crippen molar-refractivity contribution in [2.45, 2.75) is 38.3 Å². The van der Waals surface area contributed by atoms with Crippen molar-refractivity contribution in [2.24, 2.45) is 5.41 Å². The molecule has 0 aliphatic rings. The number of aliphatic hydroxyl groups excluding tert-OH is 1. The monoisotopic (exact) mass is 571 g/mol. The lowest BCUT2D eigenvalue weighted by atomic mass is 9.80. The molecule has 0 saturated carbocycles. The van der Waals surface area contributed by atoms with Gasteiger partial charge in [-0.3, -0.25) is 4.98 Å². The van der Waals surface area contributed by atoms with Gasteiger partial charge in [0.25, 0.3) is 0 Å². The molecule has 0 radical (unpaired) electrons. The van der Waals surface area contributed by atoms with Gasteiger partial charge in [0.2, 0.25) is 0 Å². The smallest absolute Gasteiger partial charge is 0.428 e. The van der Waals surface area contributed by atoms with Crippen LogP contribution in [-0.2, 0) is 12.0 Å². The summed E-state index contributed by atoms with van der Waals surface area (Å²) in [4.78, 5) is 17.5. The third-order valence-electron chi connectivity index (χ3n) is 5.83. The SMILES string of the molecule is CC(C)(CO)CNC(=O)N[C@@](Cc1ccccc1)(c1cc(F)cc(OC(F)(F)C(F)F)c1)c1ccc(Cl)cn1. The standard InChI is InChI=1S/C27H27ClF5N3O3/c1-25(2,16-37)15-35-24(38)36-26(13-17-6-4-3-5-7-17,22-9-8-19(28)14-34-22)18-10-20(29)12-21(11-18)39-27(32,33)23(30)31/h3-12,14,23,37H,13,15-16H2,1-2H3,(H2,35,36,38)/t26-/m0/s1. The summed E-state index contributed by atoms with van der Waals surface area (Å²) < 4.78 is 72.1. The summed E-state index contributed by atoms with van der Waals surface area (Å²) in [6.07, 6.45) is -7.85. The number of carbonyl (C=O) groups excluding carboxylic acids is 1. The van der Waals surface area contributed by atoms with Crippen LogP contribution in [0, 0.1) is 11.2 Å². The Morgan fingerprint density at radius 2 is 1.79 bits per heavy atom. The van der Waals surface area contributed by atoms with E-state index in [4.69, 9.17) is 11.6 Å². The van der Waals surface area contributed by atoms with Gasteiger partial charge < -0.3 is 20.5 Å². The molecule has 12 heteroatoms. The maximum absolute atomic E-state index is 14.8. The van der Waals surface area contributed by atoms with Gasteiger partial charge in [-0.05, 0) is 35.4 Å². The van der Waals surface area contributed by atoms with Gasteiger partial charge in [-0.25, -0.2) is 9.18 Å². The normalized spacial score (nSPS) is 13.6. The van der Waals surface area contributed by atoms with E-state index in [9.17, 15) is 31.9 Å². The maximum Gasteiger partial charge on any atom is 0.461 e. The Balaban J connectivity index is 2.20. The summed E-state index contributed by atoms with van der Waals surface area (Å²) in [5, 5.41) is 15.2. The van der Waals surface area contributed by atoms with Crippen molar-refractivity contribution in [3.8, 4) is 5.75 Å². The van der Waals surface area contributed by atoms with Crippen molar-refractivity contribution in [3.05, 3.63) is 94.5 Å². The summed E-state index contributed by atoms with van der Waals surface area (Å²) in [6, 6.07) is 13.3. The first-order valence-corrected chi connectivity index (χ1v) is 12.1. The molecule has 1 atom stereocenters. The molecule has 0 saturated heterocycles. The summed E-state index contributed by atoms with van der Waals surface area (Å²) in [5.41, 5.74) is -1.74. The predicted molar refractivity (Wildman–Crippen MR) is 136 cm³/mol. The molecule has 210 valence electrons. The van der Waals surface area contributed by atoms with Gasteiger partial charge in [0.1, 0.15) is 17.1 Å². The van der Waals surface area contributed by atoms with E-state index in [-0.39, 0.29) is 35.9 Å². The topological polar surface area (TPSA) is 83.5 Å². The van der Waals surface area contributed by atoms with Gasteiger partial charge in [0, 0.05) is 37.3 Å². The molecule has 2 aromatic carbocycles. The number of hydrogen-bond acceptors (Lipinski definition) is 4. The highest BCUT2D eigenvalue weighted by atomic mass is 35.5. The first-order chi connectivity index (χ1) is 18.3. The molecule has 0 spiro atoms. The number of urea groups is 1. The summed E-state index contributed by atoms with van der Waals surface area (Å²) in [5.74, 6) is -1.96. The molecule has 3 N–H and O–H groups in total. The largest absolute Gasteiger partial charge is 0.461 e. The number of alkyl halides is 4. The second-order valence-corrected chi connectivity index (χ2v) is 10.1. The van der Waals surface area contributed by atoms with Crippen LogP contribution in [0.1, 0.15) is 30.7 Å². The Morgan fingerprint density at radius 1 is 1.10 bits per heavy atom. The van der Waals surface area contributed by atoms with E-state index in [1.807, 2.05) is 0 Å². The lowest BCUT2D eigenvalue weighted by Crippen LogP contribution is -2.54. The zero-order valence-electron chi connectivity index (χ0n) is 21.0. The highest BCUT2D eigenvalue weighted by molar-refractivity contribution is 6.30. The molecule has 3 rings (SSSR count). The molecule has 39 heavy (non-hydrogen) atoms. The summed E-state index contributed by atoms with van der Waals surface area (Å²) >= 11 is 6.02. The molecule has 1 aromatic heterocycles. The Hall–Kier alpha value is -3.44. The minimum atomic E-state index is -4.90. The molecular formula is C27H27ClF5N3O3. The molecule has 0 unspecified atom stereocenters. The minimum absolute atomic E-state index is 0.0446. The zero-order valence-corrected chi connectivity index (χ0v) is 21.8. The predicted octanol–water partition coefficient (Wildman–Crippen LogP) is 5.91. The molecule has 3 aromatic rings. The maximum atomic E-state index is 14.8. The number of pyridine rings is 1. The minimum Gasteiger partial charge on any atom is -0.428 e. The van der Waals surface area contributed by atoms with E-state index in [1.54, 1.807) is 44.2 Å². The van der Waals surface area contributed by atoms with Gasteiger partial charge in [-0.15, -0.1) is 0 Å². The highest BCUT2D eigenvalue weighted by Gasteiger charge is 2.45. The number of nitrogens with one attached hydrogen (secondary N) is 2. The molecule has 6 nitrogen and oxygen atoms in total. The fraction of sp³-hybridized carbons (Fsp3) is 0.333. The number of carbonyl (C=O) groups is 1. The van der Waals surface area contributed by atoms with Crippen LogP contribution < -0.4 is 15.4 Å². The number of halogens is 6. The number of nitrogens with zero attached hydrogens (tertiary/aromatic N) is 1. The fourth-order valence-electron chi connectivity index (χ4n) is 3.73. The van der Waals surface area contributed by atoms with Crippen molar-refractivity contribution in [2.75, 3.05) is 13.2 Å². The van der Waals surface area contributed by atoms with Crippen molar-refractivity contribution in [1.29, 1.82) is 0 Å². The van der Waals surface area contributed by atoms with E-state index in [2.05, 4.69) is 20.4 Å². The number of ether oxygens (including phenoxy) is 1. The second kappa shape index (κ2) is 12.2. The average Bonchev–Trinajstić information content (AvgIpc) is 2.87. The molecule has 1 heterocycles. The quantitative estimate of drug-likeness (QED) is 0.250. The average molecular weight is 572 g/mol. The van der Waals surface area contributed by atoms with E-state index in [0.717, 1.165) is 12.1 Å². The van der Waals surface area contributed by atoms with E-state index < -0.39 is 41.1 Å². The van der Waals surface area contributed by atoms with Crippen LogP contribution in [0.25, 0.3) is 0 Å². The van der Waals surface area contributed by atoms with Crippen LogP contribution in [0.2, 0.25) is 5.02 Å². The number of aliphatic hydroxyl groups is 1. The van der Waals surface area contributed by atoms with Crippen LogP contribution in [0.15, 0.2) is 66.9 Å². The van der Waals surface area contributed by atoms with Crippen molar-refractivity contribution < 1.29 is 36.6 Å². The number of hydrogen-bond donors (Lipinski definition) is 3. The molecule has 0 aliphatic heterocycles. The Morgan fingerprint density at radius 3 is 2.38 bits per heavy atom. The number of aromatic nitrogens is 1. The lowest BCUT2D eigenvalue weighted by molar-refractivity contribution is -0.253. The van der Waals surface area contributed by atoms with Crippen molar-refractivity contribution in [3.63, 3.8) is 0 Å². The highest BCUT2D eigenvalue weighted by Crippen LogP contribution is 2.37. The van der Waals surface area contributed by atoms with Gasteiger partial charge >= 0.3 is 18.6 Å². The lowest BCUT2D eigenvalue weighted by Gasteiger charge is -2.36. The van der Waals surface area contributed by atoms with Crippen LogP contribution in [0.3, 0.4) is 0 Å². The second-order valence-electron chi connectivity index (χ2n) is 9.70. The van der Waals surface area contributed by atoms with Gasteiger partial charge in [-0.2, -0.15) is 17.6 Å². The third kappa shape index (κ3) is 7.79. The fourth-order valence-corrected chi connectivity index (χ4v) is 3.85. The third-order valence-corrected chi connectivity index (χ3v) is 6.05. The van der Waals surface area contributed by atoms with E-state index >= 15 is 0 Å². The number of benzene rings is 2. The van der Waals surface area contributed by atoms with Gasteiger partial charge in [0.05, 0.1) is 10.7 Å². The number of rotatable bonds is 11. The summed E-state index contributed by atoms with van der Waals surface area (Å²) in [6.45, 7) is 3.24. The molecule has 0 fully saturated rings. The first kappa shape index (κ1) is 30.1. The Labute approximate surface area is 227 Å². The van der Waals surface area contributed by atoms with Crippen molar-refractivity contribution in [1.82, 2.24) is 15.6 Å². The Bertz CT molecular complexity index is 1260. The van der Waals surface area contributed by atoms with E-state index in [1.165, 1.54) is 18.3 Å². The first-order valence-electron chi connectivity index (χ1n) is 11.8. The van der Waals surface area contributed by atoms with Crippen molar-refractivity contribution >= 4 is 17.6 Å².